The number of aliphatic hydroxyl groups excluding tert-OH is 1. The van der Waals surface area contributed by atoms with Crippen LogP contribution in [0.5, 0.6) is 0 Å². The van der Waals surface area contributed by atoms with Crippen LogP contribution in [0.1, 0.15) is 446 Å². The van der Waals surface area contributed by atoms with E-state index in [2.05, 4.69) is 34.6 Å². The zero-order valence-corrected chi connectivity index (χ0v) is 68.5. The second-order valence-electron chi connectivity index (χ2n) is 30.3. The first kappa shape index (κ1) is 100. The largest absolute Gasteiger partial charge is 0.472 e. The summed E-state index contributed by atoms with van der Waals surface area (Å²) < 4.78 is 68.8. The Labute approximate surface area is 626 Å². The number of carbonyl (C=O) groups excluding carboxylic acids is 4. The predicted octanol–water partition coefficient (Wildman–Crippen LogP) is 25.2. The highest BCUT2D eigenvalue weighted by atomic mass is 31.2. The summed E-state index contributed by atoms with van der Waals surface area (Å²) in [6.07, 6.45) is 68.0. The van der Waals surface area contributed by atoms with Gasteiger partial charge in [0.1, 0.15) is 19.3 Å². The summed E-state index contributed by atoms with van der Waals surface area (Å²) in [5.41, 5.74) is 0. The van der Waals surface area contributed by atoms with Crippen LogP contribution in [-0.4, -0.2) is 96.7 Å². The maximum absolute atomic E-state index is 13.1. The van der Waals surface area contributed by atoms with Crippen molar-refractivity contribution in [1.29, 1.82) is 0 Å². The third-order valence-electron chi connectivity index (χ3n) is 19.5. The van der Waals surface area contributed by atoms with Crippen molar-refractivity contribution in [3.8, 4) is 0 Å². The molecule has 0 rings (SSSR count). The van der Waals surface area contributed by atoms with Crippen LogP contribution in [0.25, 0.3) is 0 Å². The van der Waals surface area contributed by atoms with E-state index in [1.54, 1.807) is 0 Å². The van der Waals surface area contributed by atoms with Gasteiger partial charge in [0.15, 0.2) is 12.2 Å². The maximum Gasteiger partial charge on any atom is 0.472 e. The number of unbranched alkanes of at least 4 members (excludes halogenated alkanes) is 55. The Hall–Kier alpha value is -1.94. The molecule has 0 aliphatic carbocycles. The Morgan fingerprint density at radius 1 is 0.265 bits per heavy atom. The average Bonchev–Trinajstić information content (AvgIpc) is 0.947. The van der Waals surface area contributed by atoms with Crippen molar-refractivity contribution in [1.82, 2.24) is 0 Å². The first-order valence-electron chi connectivity index (χ1n) is 43.1. The molecule has 0 aromatic carbocycles. The van der Waals surface area contributed by atoms with Gasteiger partial charge in [-0.15, -0.1) is 0 Å². The Balaban J connectivity index is 5.20. The van der Waals surface area contributed by atoms with Crippen molar-refractivity contribution in [2.45, 2.75) is 464 Å². The predicted molar refractivity (Wildman–Crippen MR) is 418 cm³/mol. The van der Waals surface area contributed by atoms with Gasteiger partial charge in [0, 0.05) is 25.7 Å². The topological polar surface area (TPSA) is 237 Å². The van der Waals surface area contributed by atoms with E-state index in [-0.39, 0.29) is 25.7 Å². The summed E-state index contributed by atoms with van der Waals surface area (Å²) >= 11 is 0. The van der Waals surface area contributed by atoms with Gasteiger partial charge in [-0.3, -0.25) is 37.3 Å². The number of carbonyl (C=O) groups is 4. The maximum atomic E-state index is 13.1. The minimum absolute atomic E-state index is 0.109. The number of esters is 4. The molecule has 17 nitrogen and oxygen atoms in total. The van der Waals surface area contributed by atoms with Crippen molar-refractivity contribution in [3.63, 3.8) is 0 Å². The first-order valence-corrected chi connectivity index (χ1v) is 46.1. The molecule has 102 heavy (non-hydrogen) atoms. The SMILES string of the molecule is CCCCCCCCCCCCCCCCCCC(=O)OC[C@H](COP(=O)(O)OC[C@@H](O)COP(=O)(O)OC[C@@H](COC(=O)CCCCCCCCCCC)OC(=O)CCCCCCCCCCCCCCCCCC)OC(=O)CCCCCCCCCCCCCCCCCCCCC(C)C. The van der Waals surface area contributed by atoms with Gasteiger partial charge in [-0.05, 0) is 31.6 Å². The van der Waals surface area contributed by atoms with Gasteiger partial charge in [-0.1, -0.05) is 394 Å². The van der Waals surface area contributed by atoms with Crippen molar-refractivity contribution in [2.24, 2.45) is 5.92 Å². The van der Waals surface area contributed by atoms with E-state index in [1.807, 2.05) is 0 Å². The highest BCUT2D eigenvalue weighted by molar-refractivity contribution is 7.47. The highest BCUT2D eigenvalue weighted by Gasteiger charge is 2.30. The molecule has 19 heteroatoms. The average molecular weight is 1490 g/mol. The molecule has 0 fully saturated rings. The summed E-state index contributed by atoms with van der Waals surface area (Å²) in [4.78, 5) is 73.0. The molecule has 2 unspecified atom stereocenters. The van der Waals surface area contributed by atoms with E-state index in [1.165, 1.54) is 270 Å². The number of hydrogen-bond donors (Lipinski definition) is 3. The molecule has 0 spiro atoms. The molecule has 0 heterocycles. The van der Waals surface area contributed by atoms with Crippen LogP contribution in [0.2, 0.25) is 0 Å². The first-order chi connectivity index (χ1) is 49.5. The Morgan fingerprint density at radius 3 is 0.667 bits per heavy atom. The summed E-state index contributed by atoms with van der Waals surface area (Å²) in [6.45, 7) is 7.37. The van der Waals surface area contributed by atoms with Gasteiger partial charge in [0.2, 0.25) is 0 Å². The Kier molecular flexibility index (Phi) is 74.4. The smallest absolute Gasteiger partial charge is 0.462 e. The second-order valence-corrected chi connectivity index (χ2v) is 33.3. The summed E-state index contributed by atoms with van der Waals surface area (Å²) in [5, 5.41) is 10.6. The Bertz CT molecular complexity index is 1940. The molecule has 0 aromatic heterocycles. The van der Waals surface area contributed by atoms with Crippen LogP contribution in [-0.2, 0) is 65.4 Å². The number of aliphatic hydroxyl groups is 1. The van der Waals surface area contributed by atoms with Crippen molar-refractivity contribution < 1.29 is 80.2 Å². The number of phosphoric ester groups is 2. The van der Waals surface area contributed by atoms with Crippen molar-refractivity contribution >= 4 is 39.5 Å². The number of rotatable bonds is 83. The Morgan fingerprint density at radius 2 is 0.451 bits per heavy atom. The molecule has 3 N–H and O–H groups in total. The van der Waals surface area contributed by atoms with Gasteiger partial charge < -0.3 is 33.8 Å². The lowest BCUT2D eigenvalue weighted by Gasteiger charge is -2.21. The molecule has 0 aliphatic heterocycles. The zero-order chi connectivity index (χ0) is 74.8. The van der Waals surface area contributed by atoms with Crippen LogP contribution < -0.4 is 0 Å². The van der Waals surface area contributed by atoms with E-state index in [0.29, 0.717) is 25.7 Å². The molecule has 606 valence electrons. The quantitative estimate of drug-likeness (QED) is 0.0222. The summed E-state index contributed by atoms with van der Waals surface area (Å²) in [5.74, 6) is -1.28. The lowest BCUT2D eigenvalue weighted by molar-refractivity contribution is -0.161. The fourth-order valence-corrected chi connectivity index (χ4v) is 14.5. The zero-order valence-electron chi connectivity index (χ0n) is 66.8. The molecule has 0 aliphatic rings. The number of phosphoric acid groups is 2. The van der Waals surface area contributed by atoms with Crippen LogP contribution in [0.15, 0.2) is 0 Å². The van der Waals surface area contributed by atoms with Crippen LogP contribution in [0, 0.1) is 5.92 Å². The molecule has 0 amide bonds. The molecule has 0 bridgehead atoms. The minimum atomic E-state index is -4.96. The molecule has 0 radical (unpaired) electrons. The van der Waals surface area contributed by atoms with Crippen LogP contribution >= 0.6 is 15.6 Å². The highest BCUT2D eigenvalue weighted by Crippen LogP contribution is 2.45. The lowest BCUT2D eigenvalue weighted by atomic mass is 10.0. The summed E-state index contributed by atoms with van der Waals surface area (Å²) in [6, 6.07) is 0. The standard InChI is InChI=1S/C83H162O17P2/c1-6-9-12-15-18-21-23-25-27-34-38-42-47-52-57-62-67-81(86)94-73-79(100-83(88)69-64-59-54-49-44-40-36-32-30-29-31-33-37-41-46-50-55-60-65-76(4)5)75-98-102(91,92)96-71-77(84)70-95-101(89,90)97-74-78(72-93-80(85)66-61-56-51-45-20-17-14-11-8-3)99-82(87)68-63-58-53-48-43-39-35-28-26-24-22-19-16-13-10-7-2/h76-79,84H,6-75H2,1-5H3,(H,89,90)(H,91,92)/t77-,78+,79+/m0/s1. The molecular weight excluding hydrogens is 1330 g/mol. The lowest BCUT2D eigenvalue weighted by Crippen LogP contribution is -2.30. The fourth-order valence-electron chi connectivity index (χ4n) is 12.9. The molecular formula is C83H162O17P2. The van der Waals surface area contributed by atoms with Gasteiger partial charge >= 0.3 is 39.5 Å². The van der Waals surface area contributed by atoms with E-state index in [4.69, 9.17) is 37.0 Å². The molecule has 5 atom stereocenters. The monoisotopic (exact) mass is 1490 g/mol. The third-order valence-corrected chi connectivity index (χ3v) is 21.4. The van der Waals surface area contributed by atoms with E-state index >= 15 is 0 Å². The van der Waals surface area contributed by atoms with E-state index in [0.717, 1.165) is 95.8 Å². The fraction of sp³-hybridized carbons (Fsp3) is 0.952. The van der Waals surface area contributed by atoms with Crippen molar-refractivity contribution in [3.05, 3.63) is 0 Å². The second kappa shape index (κ2) is 75.9. The van der Waals surface area contributed by atoms with Crippen molar-refractivity contribution in [2.75, 3.05) is 39.6 Å². The number of ether oxygens (including phenoxy) is 4. The number of hydrogen-bond acceptors (Lipinski definition) is 15. The van der Waals surface area contributed by atoms with Gasteiger partial charge in [-0.2, -0.15) is 0 Å². The molecule has 0 aromatic rings. The van der Waals surface area contributed by atoms with Gasteiger partial charge in [0.05, 0.1) is 26.4 Å². The van der Waals surface area contributed by atoms with Gasteiger partial charge in [-0.25, -0.2) is 9.13 Å². The minimum Gasteiger partial charge on any atom is -0.462 e. The normalized spacial score (nSPS) is 13.8. The molecule has 0 saturated carbocycles. The van der Waals surface area contributed by atoms with Crippen LogP contribution in [0.4, 0.5) is 0 Å². The van der Waals surface area contributed by atoms with Gasteiger partial charge in [0.25, 0.3) is 0 Å². The molecule has 0 saturated heterocycles. The van der Waals surface area contributed by atoms with E-state index < -0.39 is 97.5 Å². The van der Waals surface area contributed by atoms with E-state index in [9.17, 15) is 43.2 Å². The summed E-state index contributed by atoms with van der Waals surface area (Å²) in [7, 11) is -9.92. The van der Waals surface area contributed by atoms with Crippen LogP contribution in [0.3, 0.4) is 0 Å². The third kappa shape index (κ3) is 76.3.